The van der Waals surface area contributed by atoms with Gasteiger partial charge in [0, 0.05) is 16.2 Å². The predicted molar refractivity (Wildman–Crippen MR) is 91.2 cm³/mol. The number of rotatable bonds is 5. The van der Waals surface area contributed by atoms with Gasteiger partial charge in [-0.1, -0.05) is 37.0 Å². The topological polar surface area (TPSA) is 12.0 Å². The van der Waals surface area contributed by atoms with Crippen molar-refractivity contribution in [2.24, 2.45) is 5.92 Å². The SMILES string of the molecule is CCCNC1CCC(C)CC1Sc1ccc(Cl)c(Cl)c1. The lowest BCUT2D eigenvalue weighted by atomic mass is 9.87. The van der Waals surface area contributed by atoms with E-state index in [0.29, 0.717) is 21.3 Å². The van der Waals surface area contributed by atoms with Crippen molar-refractivity contribution < 1.29 is 0 Å². The Balaban J connectivity index is 2.04. The Morgan fingerprint density at radius 1 is 1.25 bits per heavy atom. The van der Waals surface area contributed by atoms with Crippen molar-refractivity contribution in [1.82, 2.24) is 5.32 Å². The molecule has 1 nitrogen and oxygen atoms in total. The first-order chi connectivity index (χ1) is 9.60. The summed E-state index contributed by atoms with van der Waals surface area (Å²) >= 11 is 14.1. The second-order valence-corrected chi connectivity index (χ2v) is 7.84. The highest BCUT2D eigenvalue weighted by Crippen LogP contribution is 2.38. The van der Waals surface area contributed by atoms with Crippen LogP contribution in [0.1, 0.15) is 39.5 Å². The van der Waals surface area contributed by atoms with Gasteiger partial charge in [0.15, 0.2) is 0 Å². The Kier molecular flexibility index (Phi) is 6.54. The molecule has 4 heteroatoms. The van der Waals surface area contributed by atoms with Crippen LogP contribution in [0.2, 0.25) is 10.0 Å². The van der Waals surface area contributed by atoms with E-state index in [1.165, 1.54) is 30.6 Å². The summed E-state index contributed by atoms with van der Waals surface area (Å²) < 4.78 is 0. The fourth-order valence-corrected chi connectivity index (χ4v) is 4.61. The van der Waals surface area contributed by atoms with Gasteiger partial charge in [-0.3, -0.25) is 0 Å². The summed E-state index contributed by atoms with van der Waals surface area (Å²) in [6, 6.07) is 6.58. The molecule has 0 aromatic heterocycles. The predicted octanol–water partition coefficient (Wildman–Crippen LogP) is 5.64. The Morgan fingerprint density at radius 2 is 2.05 bits per heavy atom. The smallest absolute Gasteiger partial charge is 0.0603 e. The normalized spacial score (nSPS) is 26.7. The van der Waals surface area contributed by atoms with Crippen molar-refractivity contribution in [2.45, 2.75) is 55.7 Å². The molecule has 0 bridgehead atoms. The van der Waals surface area contributed by atoms with Crippen molar-refractivity contribution in [3.05, 3.63) is 28.2 Å². The molecule has 0 amide bonds. The summed E-state index contributed by atoms with van der Waals surface area (Å²) in [6.07, 6.45) is 5.07. The maximum atomic E-state index is 6.12. The molecule has 3 unspecified atom stereocenters. The molecule has 1 aromatic rings. The van der Waals surface area contributed by atoms with E-state index in [1.807, 2.05) is 23.9 Å². The standard InChI is InChI=1S/C16H23Cl2NS/c1-3-8-19-15-7-4-11(2)9-16(15)20-12-5-6-13(17)14(18)10-12/h5-6,10-11,15-16,19H,3-4,7-9H2,1-2H3. The molecular formula is C16H23Cl2NS. The van der Waals surface area contributed by atoms with E-state index >= 15 is 0 Å². The molecule has 1 aromatic carbocycles. The maximum Gasteiger partial charge on any atom is 0.0603 e. The van der Waals surface area contributed by atoms with Gasteiger partial charge < -0.3 is 5.32 Å². The lowest BCUT2D eigenvalue weighted by Gasteiger charge is -2.35. The Hall–Kier alpha value is 0.110. The zero-order valence-electron chi connectivity index (χ0n) is 12.2. The molecule has 1 aliphatic rings. The number of nitrogens with one attached hydrogen (secondary N) is 1. The maximum absolute atomic E-state index is 6.12. The second kappa shape index (κ2) is 7.93. The first-order valence-corrected chi connectivity index (χ1v) is 9.08. The summed E-state index contributed by atoms with van der Waals surface area (Å²) in [5.41, 5.74) is 0. The van der Waals surface area contributed by atoms with E-state index in [2.05, 4.69) is 25.2 Å². The summed E-state index contributed by atoms with van der Waals surface area (Å²) in [7, 11) is 0. The van der Waals surface area contributed by atoms with Crippen LogP contribution in [-0.4, -0.2) is 17.8 Å². The number of thioether (sulfide) groups is 1. The van der Waals surface area contributed by atoms with Gasteiger partial charge in [0.1, 0.15) is 0 Å². The summed E-state index contributed by atoms with van der Waals surface area (Å²) in [6.45, 7) is 5.69. The average Bonchev–Trinajstić information content (AvgIpc) is 2.42. The summed E-state index contributed by atoms with van der Waals surface area (Å²) in [5, 5.41) is 5.62. The van der Waals surface area contributed by atoms with Crippen LogP contribution in [-0.2, 0) is 0 Å². The monoisotopic (exact) mass is 331 g/mol. The van der Waals surface area contributed by atoms with Gasteiger partial charge in [-0.25, -0.2) is 0 Å². The van der Waals surface area contributed by atoms with Gasteiger partial charge in [0.2, 0.25) is 0 Å². The minimum absolute atomic E-state index is 0.616. The molecular weight excluding hydrogens is 309 g/mol. The highest BCUT2D eigenvalue weighted by Gasteiger charge is 2.28. The first kappa shape index (κ1) is 16.5. The van der Waals surface area contributed by atoms with Gasteiger partial charge in [-0.05, 0) is 56.3 Å². The Bertz CT molecular complexity index is 436. The molecule has 112 valence electrons. The minimum atomic E-state index is 0.616. The fraction of sp³-hybridized carbons (Fsp3) is 0.625. The molecule has 0 saturated heterocycles. The Labute approximate surface area is 136 Å². The number of halogens is 2. The molecule has 0 spiro atoms. The lowest BCUT2D eigenvalue weighted by Crippen LogP contribution is -2.42. The van der Waals surface area contributed by atoms with Crippen LogP contribution in [0, 0.1) is 5.92 Å². The fourth-order valence-electron chi connectivity index (χ4n) is 2.75. The third-order valence-corrected chi connectivity index (χ3v) is 5.98. The molecule has 1 fully saturated rings. The summed E-state index contributed by atoms with van der Waals surface area (Å²) in [5.74, 6) is 0.815. The quantitative estimate of drug-likeness (QED) is 0.748. The molecule has 20 heavy (non-hydrogen) atoms. The van der Waals surface area contributed by atoms with Crippen molar-refractivity contribution in [1.29, 1.82) is 0 Å². The average molecular weight is 332 g/mol. The highest BCUT2D eigenvalue weighted by molar-refractivity contribution is 8.00. The third-order valence-electron chi connectivity index (χ3n) is 3.89. The van der Waals surface area contributed by atoms with E-state index in [-0.39, 0.29) is 0 Å². The van der Waals surface area contributed by atoms with Gasteiger partial charge in [-0.15, -0.1) is 11.8 Å². The van der Waals surface area contributed by atoms with Gasteiger partial charge >= 0.3 is 0 Å². The lowest BCUT2D eigenvalue weighted by molar-refractivity contribution is 0.317. The molecule has 1 saturated carbocycles. The van der Waals surface area contributed by atoms with Crippen LogP contribution in [0.25, 0.3) is 0 Å². The van der Waals surface area contributed by atoms with Crippen LogP contribution in [0.3, 0.4) is 0 Å². The second-order valence-electron chi connectivity index (χ2n) is 5.71. The minimum Gasteiger partial charge on any atom is -0.313 e. The van der Waals surface area contributed by atoms with Crippen LogP contribution < -0.4 is 5.32 Å². The van der Waals surface area contributed by atoms with Gasteiger partial charge in [0.25, 0.3) is 0 Å². The largest absolute Gasteiger partial charge is 0.313 e. The summed E-state index contributed by atoms with van der Waals surface area (Å²) in [4.78, 5) is 1.22. The van der Waals surface area contributed by atoms with Crippen LogP contribution in [0.15, 0.2) is 23.1 Å². The number of hydrogen-bond acceptors (Lipinski definition) is 2. The number of hydrogen-bond donors (Lipinski definition) is 1. The molecule has 0 heterocycles. The molecule has 2 rings (SSSR count). The van der Waals surface area contributed by atoms with Crippen molar-refractivity contribution >= 4 is 35.0 Å². The van der Waals surface area contributed by atoms with E-state index in [4.69, 9.17) is 23.2 Å². The van der Waals surface area contributed by atoms with Crippen LogP contribution >= 0.6 is 35.0 Å². The highest BCUT2D eigenvalue weighted by atomic mass is 35.5. The molecule has 0 radical (unpaired) electrons. The van der Waals surface area contributed by atoms with E-state index < -0.39 is 0 Å². The molecule has 3 atom stereocenters. The Morgan fingerprint density at radius 3 is 2.75 bits per heavy atom. The zero-order valence-corrected chi connectivity index (χ0v) is 14.5. The van der Waals surface area contributed by atoms with Crippen molar-refractivity contribution in [2.75, 3.05) is 6.54 Å². The van der Waals surface area contributed by atoms with Gasteiger partial charge in [-0.2, -0.15) is 0 Å². The number of benzene rings is 1. The van der Waals surface area contributed by atoms with Crippen molar-refractivity contribution in [3.63, 3.8) is 0 Å². The van der Waals surface area contributed by atoms with E-state index in [9.17, 15) is 0 Å². The van der Waals surface area contributed by atoms with Crippen LogP contribution in [0.5, 0.6) is 0 Å². The van der Waals surface area contributed by atoms with E-state index in [0.717, 1.165) is 12.5 Å². The molecule has 1 aliphatic carbocycles. The molecule has 0 aliphatic heterocycles. The molecule has 1 N–H and O–H groups in total. The van der Waals surface area contributed by atoms with Crippen molar-refractivity contribution in [3.8, 4) is 0 Å². The van der Waals surface area contributed by atoms with E-state index in [1.54, 1.807) is 0 Å². The van der Waals surface area contributed by atoms with Gasteiger partial charge in [0.05, 0.1) is 10.0 Å². The van der Waals surface area contributed by atoms with Crippen LogP contribution in [0.4, 0.5) is 0 Å². The zero-order chi connectivity index (χ0) is 14.5. The third kappa shape index (κ3) is 4.56. The first-order valence-electron chi connectivity index (χ1n) is 7.45.